The van der Waals surface area contributed by atoms with Crippen molar-refractivity contribution in [1.82, 2.24) is 9.88 Å². The Morgan fingerprint density at radius 1 is 1.47 bits per heavy atom. The zero-order valence-electron chi connectivity index (χ0n) is 8.86. The number of hydrogen-bond donors (Lipinski definition) is 1. The van der Waals surface area contributed by atoms with E-state index in [9.17, 15) is 4.79 Å². The van der Waals surface area contributed by atoms with Gasteiger partial charge in [0.2, 0.25) is 0 Å². The molecule has 0 bridgehead atoms. The Kier molecular flexibility index (Phi) is 2.85. The first-order valence-corrected chi connectivity index (χ1v) is 5.24. The van der Waals surface area contributed by atoms with E-state index in [0.29, 0.717) is 0 Å². The molecule has 2 heterocycles. The highest BCUT2D eigenvalue weighted by Crippen LogP contribution is 2.14. The van der Waals surface area contributed by atoms with Crippen LogP contribution < -0.4 is 5.32 Å². The quantitative estimate of drug-likeness (QED) is 0.762. The third-order valence-electron chi connectivity index (χ3n) is 2.66. The minimum absolute atomic E-state index is 0.00167. The zero-order valence-corrected chi connectivity index (χ0v) is 8.86. The standard InChI is InChI=1S/C11H15N3O/c1-9-8-12-5-4-10(9)13-11(15)14-6-2-3-7-14/h4-5,8H,2-3,6-7H2,1H3,(H,12,13,15). The van der Waals surface area contributed by atoms with Crippen molar-refractivity contribution in [2.45, 2.75) is 19.8 Å². The summed E-state index contributed by atoms with van der Waals surface area (Å²) in [7, 11) is 0. The van der Waals surface area contributed by atoms with Gasteiger partial charge in [-0.3, -0.25) is 4.98 Å². The number of carbonyl (C=O) groups excluding carboxylic acids is 1. The third kappa shape index (κ3) is 2.26. The molecule has 0 spiro atoms. The number of pyridine rings is 1. The molecule has 1 aliphatic rings. The monoisotopic (exact) mass is 205 g/mol. The van der Waals surface area contributed by atoms with Crippen LogP contribution in [-0.4, -0.2) is 29.0 Å². The summed E-state index contributed by atoms with van der Waals surface area (Å²) in [6, 6.07) is 1.82. The fraction of sp³-hybridized carbons (Fsp3) is 0.455. The second kappa shape index (κ2) is 4.29. The molecular weight excluding hydrogens is 190 g/mol. The molecule has 0 saturated carbocycles. The molecule has 15 heavy (non-hydrogen) atoms. The van der Waals surface area contributed by atoms with Crippen molar-refractivity contribution in [3.8, 4) is 0 Å². The van der Waals surface area contributed by atoms with Gasteiger partial charge in [-0.2, -0.15) is 0 Å². The van der Waals surface area contributed by atoms with E-state index in [-0.39, 0.29) is 6.03 Å². The molecule has 0 aromatic carbocycles. The molecule has 80 valence electrons. The summed E-state index contributed by atoms with van der Waals surface area (Å²) in [5, 5.41) is 2.90. The number of nitrogens with one attached hydrogen (secondary N) is 1. The molecule has 0 radical (unpaired) electrons. The molecule has 1 aromatic rings. The number of aryl methyl sites for hydroxylation is 1. The predicted molar refractivity (Wildman–Crippen MR) is 58.8 cm³/mol. The highest BCUT2D eigenvalue weighted by atomic mass is 16.2. The van der Waals surface area contributed by atoms with E-state index < -0.39 is 0 Å². The summed E-state index contributed by atoms with van der Waals surface area (Å²) in [5.74, 6) is 0. The Labute approximate surface area is 89.3 Å². The maximum Gasteiger partial charge on any atom is 0.321 e. The number of likely N-dealkylation sites (tertiary alicyclic amines) is 1. The second-order valence-electron chi connectivity index (χ2n) is 3.81. The molecule has 2 amide bonds. The van der Waals surface area contributed by atoms with Crippen LogP contribution in [0.3, 0.4) is 0 Å². The van der Waals surface area contributed by atoms with Crippen molar-refractivity contribution in [3.05, 3.63) is 24.0 Å². The minimum Gasteiger partial charge on any atom is -0.325 e. The van der Waals surface area contributed by atoms with E-state index in [1.165, 1.54) is 0 Å². The summed E-state index contributed by atoms with van der Waals surface area (Å²) in [6.07, 6.45) is 5.66. The van der Waals surface area contributed by atoms with Crippen molar-refractivity contribution in [2.75, 3.05) is 18.4 Å². The molecule has 0 atom stereocenters. The minimum atomic E-state index is 0.00167. The van der Waals surface area contributed by atoms with Gasteiger partial charge in [0.05, 0.1) is 0 Å². The van der Waals surface area contributed by atoms with Crippen molar-refractivity contribution < 1.29 is 4.79 Å². The lowest BCUT2D eigenvalue weighted by Crippen LogP contribution is -2.32. The number of hydrogen-bond acceptors (Lipinski definition) is 2. The topological polar surface area (TPSA) is 45.2 Å². The molecule has 1 fully saturated rings. The first kappa shape index (κ1) is 9.96. The Bertz CT molecular complexity index is 359. The van der Waals surface area contributed by atoms with Crippen LogP contribution in [0.4, 0.5) is 10.5 Å². The number of rotatable bonds is 1. The number of anilines is 1. The van der Waals surface area contributed by atoms with Gasteiger partial charge in [0.15, 0.2) is 0 Å². The third-order valence-corrected chi connectivity index (χ3v) is 2.66. The normalized spacial score (nSPS) is 15.4. The van der Waals surface area contributed by atoms with Gasteiger partial charge in [-0.15, -0.1) is 0 Å². The predicted octanol–water partition coefficient (Wildman–Crippen LogP) is 2.02. The van der Waals surface area contributed by atoms with Crippen LogP contribution in [0.5, 0.6) is 0 Å². The molecule has 4 heteroatoms. The lowest BCUT2D eigenvalue weighted by molar-refractivity contribution is 0.222. The summed E-state index contributed by atoms with van der Waals surface area (Å²) >= 11 is 0. The van der Waals surface area contributed by atoms with Crippen LogP contribution in [-0.2, 0) is 0 Å². The highest BCUT2D eigenvalue weighted by Gasteiger charge is 2.17. The Hall–Kier alpha value is -1.58. The second-order valence-corrected chi connectivity index (χ2v) is 3.81. The fourth-order valence-corrected chi connectivity index (χ4v) is 1.73. The van der Waals surface area contributed by atoms with Crippen LogP contribution >= 0.6 is 0 Å². The van der Waals surface area contributed by atoms with Crippen LogP contribution in [0, 0.1) is 6.92 Å². The number of aromatic nitrogens is 1. The number of carbonyl (C=O) groups is 1. The Morgan fingerprint density at radius 2 is 2.20 bits per heavy atom. The van der Waals surface area contributed by atoms with Gasteiger partial charge in [0.1, 0.15) is 0 Å². The van der Waals surface area contributed by atoms with Crippen molar-refractivity contribution >= 4 is 11.7 Å². The van der Waals surface area contributed by atoms with E-state index in [2.05, 4.69) is 10.3 Å². The molecule has 1 saturated heterocycles. The molecule has 0 aliphatic carbocycles. The van der Waals surface area contributed by atoms with Crippen molar-refractivity contribution in [3.63, 3.8) is 0 Å². The Morgan fingerprint density at radius 3 is 2.87 bits per heavy atom. The number of amides is 2. The molecule has 2 rings (SSSR count). The fourth-order valence-electron chi connectivity index (χ4n) is 1.73. The zero-order chi connectivity index (χ0) is 10.7. The van der Waals surface area contributed by atoms with Gasteiger partial charge < -0.3 is 10.2 Å². The van der Waals surface area contributed by atoms with Crippen LogP contribution in [0.1, 0.15) is 18.4 Å². The van der Waals surface area contributed by atoms with Crippen LogP contribution in [0.2, 0.25) is 0 Å². The first-order valence-electron chi connectivity index (χ1n) is 5.24. The average Bonchev–Trinajstić information content (AvgIpc) is 2.74. The molecular formula is C11H15N3O. The van der Waals surface area contributed by atoms with Gasteiger partial charge in [-0.05, 0) is 31.4 Å². The number of nitrogens with zero attached hydrogens (tertiary/aromatic N) is 2. The molecule has 1 aromatic heterocycles. The maximum absolute atomic E-state index is 11.8. The average molecular weight is 205 g/mol. The van der Waals surface area contributed by atoms with Gasteiger partial charge in [-0.1, -0.05) is 0 Å². The van der Waals surface area contributed by atoms with Gasteiger partial charge in [0.25, 0.3) is 0 Å². The summed E-state index contributed by atoms with van der Waals surface area (Å²) in [6.45, 7) is 3.68. The van der Waals surface area contributed by atoms with Crippen LogP contribution in [0.25, 0.3) is 0 Å². The summed E-state index contributed by atoms with van der Waals surface area (Å²) in [5.41, 5.74) is 1.84. The summed E-state index contributed by atoms with van der Waals surface area (Å²) in [4.78, 5) is 17.6. The van der Waals surface area contributed by atoms with Crippen LogP contribution in [0.15, 0.2) is 18.5 Å². The molecule has 0 unspecified atom stereocenters. The number of urea groups is 1. The SMILES string of the molecule is Cc1cnccc1NC(=O)N1CCCC1. The lowest BCUT2D eigenvalue weighted by atomic mass is 10.2. The molecule has 1 N–H and O–H groups in total. The van der Waals surface area contributed by atoms with Gasteiger partial charge in [-0.25, -0.2) is 4.79 Å². The van der Waals surface area contributed by atoms with Crippen molar-refractivity contribution in [2.24, 2.45) is 0 Å². The largest absolute Gasteiger partial charge is 0.325 e. The molecule has 1 aliphatic heterocycles. The van der Waals surface area contributed by atoms with Gasteiger partial charge in [0, 0.05) is 31.2 Å². The lowest BCUT2D eigenvalue weighted by Gasteiger charge is -2.16. The first-order chi connectivity index (χ1) is 7.27. The van der Waals surface area contributed by atoms with Gasteiger partial charge >= 0.3 is 6.03 Å². The highest BCUT2D eigenvalue weighted by molar-refractivity contribution is 5.90. The summed E-state index contributed by atoms with van der Waals surface area (Å²) < 4.78 is 0. The van der Waals surface area contributed by atoms with E-state index in [0.717, 1.165) is 37.2 Å². The smallest absolute Gasteiger partial charge is 0.321 e. The van der Waals surface area contributed by atoms with E-state index in [4.69, 9.17) is 0 Å². The van der Waals surface area contributed by atoms with E-state index >= 15 is 0 Å². The maximum atomic E-state index is 11.8. The van der Waals surface area contributed by atoms with E-state index in [1.807, 2.05) is 17.9 Å². The molecule has 4 nitrogen and oxygen atoms in total. The van der Waals surface area contributed by atoms with E-state index in [1.54, 1.807) is 12.4 Å². The Balaban J connectivity index is 2.02. The van der Waals surface area contributed by atoms with Crippen molar-refractivity contribution in [1.29, 1.82) is 0 Å².